The van der Waals surface area contributed by atoms with E-state index in [0.717, 1.165) is 22.9 Å². The molecule has 0 aliphatic carbocycles. The van der Waals surface area contributed by atoms with Gasteiger partial charge in [-0.25, -0.2) is 9.97 Å². The predicted octanol–water partition coefficient (Wildman–Crippen LogP) is 2.04. The fraction of sp³-hybridized carbons (Fsp3) is 0.455. The van der Waals surface area contributed by atoms with E-state index in [1.54, 1.807) is 17.7 Å². The van der Waals surface area contributed by atoms with Gasteiger partial charge in [0.05, 0.1) is 23.9 Å². The fourth-order valence-corrected chi connectivity index (χ4v) is 2.25. The predicted molar refractivity (Wildman–Crippen MR) is 66.3 cm³/mol. The Hall–Kier alpha value is -1.20. The lowest BCUT2D eigenvalue weighted by Crippen LogP contribution is -2.21. The highest BCUT2D eigenvalue weighted by atomic mass is 32.1. The first kappa shape index (κ1) is 11.3. The van der Waals surface area contributed by atoms with E-state index in [1.165, 1.54) is 0 Å². The van der Waals surface area contributed by atoms with Gasteiger partial charge in [-0.15, -0.1) is 11.3 Å². The third-order valence-corrected chi connectivity index (χ3v) is 3.19. The topological polar surface area (TPSA) is 42.7 Å². The van der Waals surface area contributed by atoms with Crippen molar-refractivity contribution in [1.29, 1.82) is 0 Å². The summed E-state index contributed by atoms with van der Waals surface area (Å²) >= 11 is 1.66. The van der Waals surface area contributed by atoms with Crippen molar-refractivity contribution in [2.75, 3.05) is 0 Å². The van der Waals surface area contributed by atoms with Gasteiger partial charge in [-0.3, -0.25) is 0 Å². The van der Waals surface area contributed by atoms with Gasteiger partial charge < -0.3 is 9.88 Å². The van der Waals surface area contributed by atoms with E-state index in [4.69, 9.17) is 0 Å². The van der Waals surface area contributed by atoms with Gasteiger partial charge in [0.2, 0.25) is 0 Å². The van der Waals surface area contributed by atoms with Crippen LogP contribution in [0.1, 0.15) is 19.5 Å². The van der Waals surface area contributed by atoms with Gasteiger partial charge >= 0.3 is 0 Å². The Kier molecular flexibility index (Phi) is 3.36. The number of aromatic nitrogens is 3. The van der Waals surface area contributed by atoms with Crippen molar-refractivity contribution in [1.82, 2.24) is 19.9 Å². The number of nitrogens with one attached hydrogen (secondary N) is 1. The summed E-state index contributed by atoms with van der Waals surface area (Å²) < 4.78 is 1.98. The van der Waals surface area contributed by atoms with E-state index in [1.807, 2.05) is 17.8 Å². The number of hydrogen-bond acceptors (Lipinski definition) is 4. The molecule has 2 rings (SSSR count). The van der Waals surface area contributed by atoms with Crippen molar-refractivity contribution >= 4 is 11.3 Å². The standard InChI is InChI=1S/C11H16N4S/c1-8(2)13-4-9-6-16-11(14-9)10-5-12-7-15(10)3/h5-8,13H,4H2,1-3H3. The number of nitrogens with zero attached hydrogens (tertiary/aromatic N) is 3. The van der Waals surface area contributed by atoms with Gasteiger partial charge in [-0.05, 0) is 0 Å². The minimum atomic E-state index is 0.488. The summed E-state index contributed by atoms with van der Waals surface area (Å²) in [6, 6.07) is 0.488. The van der Waals surface area contributed by atoms with Gasteiger partial charge in [0, 0.05) is 25.0 Å². The zero-order valence-electron chi connectivity index (χ0n) is 9.77. The van der Waals surface area contributed by atoms with Crippen LogP contribution in [0.2, 0.25) is 0 Å². The largest absolute Gasteiger partial charge is 0.332 e. The smallest absolute Gasteiger partial charge is 0.141 e. The highest BCUT2D eigenvalue weighted by Crippen LogP contribution is 2.22. The van der Waals surface area contributed by atoms with Crippen LogP contribution in [0.3, 0.4) is 0 Å². The fourth-order valence-electron chi connectivity index (χ4n) is 1.38. The van der Waals surface area contributed by atoms with E-state index in [9.17, 15) is 0 Å². The summed E-state index contributed by atoms with van der Waals surface area (Å²) in [6.07, 6.45) is 3.64. The number of rotatable bonds is 4. The third-order valence-electron chi connectivity index (χ3n) is 2.28. The summed E-state index contributed by atoms with van der Waals surface area (Å²) in [7, 11) is 1.98. The zero-order chi connectivity index (χ0) is 11.5. The summed E-state index contributed by atoms with van der Waals surface area (Å²) in [5.74, 6) is 0. The Morgan fingerprint density at radius 3 is 2.94 bits per heavy atom. The van der Waals surface area contributed by atoms with Gasteiger partial charge in [-0.1, -0.05) is 13.8 Å². The van der Waals surface area contributed by atoms with E-state index in [-0.39, 0.29) is 0 Å². The minimum absolute atomic E-state index is 0.488. The monoisotopic (exact) mass is 236 g/mol. The molecule has 2 aromatic heterocycles. The van der Waals surface area contributed by atoms with Crippen LogP contribution in [0, 0.1) is 0 Å². The summed E-state index contributed by atoms with van der Waals surface area (Å²) in [5, 5.41) is 6.48. The molecule has 0 unspecified atom stereocenters. The van der Waals surface area contributed by atoms with Crippen molar-refractivity contribution < 1.29 is 0 Å². The second-order valence-electron chi connectivity index (χ2n) is 4.07. The highest BCUT2D eigenvalue weighted by Gasteiger charge is 2.07. The number of aryl methyl sites for hydroxylation is 1. The van der Waals surface area contributed by atoms with Gasteiger partial charge in [0.1, 0.15) is 5.01 Å². The molecular weight excluding hydrogens is 220 g/mol. The molecule has 0 aromatic carbocycles. The summed E-state index contributed by atoms with van der Waals surface area (Å²) in [5.41, 5.74) is 2.16. The SMILES string of the molecule is CC(C)NCc1csc(-c2cncn2C)n1. The number of imidazole rings is 1. The molecule has 2 heterocycles. The van der Waals surface area contributed by atoms with Crippen LogP contribution in [0.15, 0.2) is 17.9 Å². The quantitative estimate of drug-likeness (QED) is 0.883. The van der Waals surface area contributed by atoms with Crippen molar-refractivity contribution in [3.8, 4) is 10.7 Å². The first-order valence-electron chi connectivity index (χ1n) is 5.31. The Morgan fingerprint density at radius 1 is 1.50 bits per heavy atom. The van der Waals surface area contributed by atoms with Crippen molar-refractivity contribution in [3.63, 3.8) is 0 Å². The molecule has 16 heavy (non-hydrogen) atoms. The average molecular weight is 236 g/mol. The maximum absolute atomic E-state index is 4.58. The van der Waals surface area contributed by atoms with E-state index in [2.05, 4.69) is 34.5 Å². The molecule has 0 fully saturated rings. The van der Waals surface area contributed by atoms with E-state index < -0.39 is 0 Å². The molecule has 4 nitrogen and oxygen atoms in total. The molecule has 0 saturated carbocycles. The minimum Gasteiger partial charge on any atom is -0.332 e. The third kappa shape index (κ3) is 2.48. The summed E-state index contributed by atoms with van der Waals surface area (Å²) in [4.78, 5) is 8.68. The van der Waals surface area contributed by atoms with Crippen LogP contribution in [0.4, 0.5) is 0 Å². The van der Waals surface area contributed by atoms with E-state index >= 15 is 0 Å². The molecule has 0 aliphatic heterocycles. The lowest BCUT2D eigenvalue weighted by molar-refractivity contribution is 0.583. The highest BCUT2D eigenvalue weighted by molar-refractivity contribution is 7.13. The first-order valence-corrected chi connectivity index (χ1v) is 6.19. The Morgan fingerprint density at radius 2 is 2.31 bits per heavy atom. The Balaban J connectivity index is 2.11. The molecule has 0 radical (unpaired) electrons. The van der Waals surface area contributed by atoms with Crippen LogP contribution in [0.25, 0.3) is 10.7 Å². The van der Waals surface area contributed by atoms with Gasteiger partial charge in [0.15, 0.2) is 0 Å². The van der Waals surface area contributed by atoms with Gasteiger partial charge in [-0.2, -0.15) is 0 Å². The maximum Gasteiger partial charge on any atom is 0.141 e. The second kappa shape index (κ2) is 4.76. The van der Waals surface area contributed by atoms with Crippen LogP contribution in [-0.4, -0.2) is 20.6 Å². The molecule has 1 N–H and O–H groups in total. The molecule has 86 valence electrons. The molecule has 0 bridgehead atoms. The van der Waals surface area contributed by atoms with Gasteiger partial charge in [0.25, 0.3) is 0 Å². The van der Waals surface area contributed by atoms with Crippen LogP contribution < -0.4 is 5.32 Å². The van der Waals surface area contributed by atoms with Crippen LogP contribution in [-0.2, 0) is 13.6 Å². The average Bonchev–Trinajstić information content (AvgIpc) is 2.83. The van der Waals surface area contributed by atoms with Crippen LogP contribution >= 0.6 is 11.3 Å². The molecule has 0 spiro atoms. The normalized spacial score (nSPS) is 11.2. The van der Waals surface area contributed by atoms with Crippen molar-refractivity contribution in [2.45, 2.75) is 26.4 Å². The molecular formula is C11H16N4S. The van der Waals surface area contributed by atoms with Crippen LogP contribution in [0.5, 0.6) is 0 Å². The lowest BCUT2D eigenvalue weighted by atomic mass is 10.3. The van der Waals surface area contributed by atoms with Crippen molar-refractivity contribution in [3.05, 3.63) is 23.6 Å². The molecule has 5 heteroatoms. The second-order valence-corrected chi connectivity index (χ2v) is 4.93. The van der Waals surface area contributed by atoms with Crippen molar-refractivity contribution in [2.24, 2.45) is 7.05 Å². The maximum atomic E-state index is 4.58. The number of thiazole rings is 1. The zero-order valence-corrected chi connectivity index (χ0v) is 10.6. The Labute approximate surface area is 99.4 Å². The molecule has 0 saturated heterocycles. The molecule has 0 amide bonds. The lowest BCUT2D eigenvalue weighted by Gasteiger charge is -2.04. The Bertz CT molecular complexity index is 458. The number of hydrogen-bond donors (Lipinski definition) is 1. The van der Waals surface area contributed by atoms with E-state index in [0.29, 0.717) is 6.04 Å². The first-order chi connectivity index (χ1) is 7.66. The summed E-state index contributed by atoms with van der Waals surface area (Å²) in [6.45, 7) is 5.09. The molecule has 2 aromatic rings. The molecule has 0 atom stereocenters. The molecule has 0 aliphatic rings.